The Kier molecular flexibility index (Phi) is 34.7. The monoisotopic (exact) mass is 568 g/mol. The van der Waals surface area contributed by atoms with Gasteiger partial charge in [0.25, 0.3) is 10.1 Å². The van der Waals surface area contributed by atoms with Gasteiger partial charge in [-0.05, 0) is 51.4 Å². The summed E-state index contributed by atoms with van der Waals surface area (Å²) in [6.07, 6.45) is 21.2. The van der Waals surface area contributed by atoms with Gasteiger partial charge in [0, 0.05) is 12.4 Å². The van der Waals surface area contributed by atoms with Crippen LogP contribution >= 0.6 is 0 Å². The molecule has 0 saturated heterocycles. The highest BCUT2D eigenvalue weighted by atomic mass is 32.2. The van der Waals surface area contributed by atoms with Crippen molar-refractivity contribution in [2.75, 3.05) is 26.2 Å². The van der Waals surface area contributed by atoms with Gasteiger partial charge in [-0.2, -0.15) is 8.42 Å². The van der Waals surface area contributed by atoms with Crippen molar-refractivity contribution in [1.29, 1.82) is 0 Å². The lowest BCUT2D eigenvalue weighted by Gasteiger charge is -2.14. The number of hydrogen-bond donors (Lipinski definition) is 3. The van der Waals surface area contributed by atoms with Gasteiger partial charge in [0.1, 0.15) is 5.25 Å². The van der Waals surface area contributed by atoms with Gasteiger partial charge in [0.05, 0.1) is 32.1 Å². The fraction of sp³-hybridized carbons (Fsp3) is 0.929. The molecule has 38 heavy (non-hydrogen) atoms. The Hall–Kier alpha value is -1.23. The number of rotatable bonds is 24. The molecule has 0 aliphatic carbocycles. The van der Waals surface area contributed by atoms with Crippen molar-refractivity contribution in [2.45, 2.75) is 142 Å². The van der Waals surface area contributed by atoms with Gasteiger partial charge >= 0.3 is 0 Å². The Labute approximate surface area is 233 Å². The summed E-state index contributed by atoms with van der Waals surface area (Å²) in [5.41, 5.74) is 0. The first-order valence-corrected chi connectivity index (χ1v) is 16.6. The SMILES string of the molecule is CCCCCC[NH2+]CCCCCC.CCCCCC[NH2+]CCCCCC.O=C([O-])CC(C(=O)[O-])S(=O)(=O)O. The zero-order valence-electron chi connectivity index (χ0n) is 24.9. The van der Waals surface area contributed by atoms with E-state index in [1.165, 1.54) is 129 Å². The van der Waals surface area contributed by atoms with E-state index < -0.39 is 33.7 Å². The number of unbranched alkanes of at least 4 members (excludes halogenated alkanes) is 12. The Balaban J connectivity index is -0.000000484. The number of carboxylic acids is 2. The number of hydrogen-bond acceptors (Lipinski definition) is 6. The first-order chi connectivity index (χ1) is 18.1. The molecule has 0 aromatic heterocycles. The van der Waals surface area contributed by atoms with Gasteiger partial charge in [-0.25, -0.2) is 0 Å². The summed E-state index contributed by atoms with van der Waals surface area (Å²) in [5.74, 6) is -4.08. The van der Waals surface area contributed by atoms with Crippen LogP contribution in [0.1, 0.15) is 137 Å². The van der Waals surface area contributed by atoms with Gasteiger partial charge in [-0.15, -0.1) is 0 Å². The van der Waals surface area contributed by atoms with E-state index in [0.717, 1.165) is 0 Å². The minimum absolute atomic E-state index is 1.33. The molecule has 5 N–H and O–H groups in total. The molecule has 0 fully saturated rings. The van der Waals surface area contributed by atoms with Gasteiger partial charge in [-0.1, -0.05) is 79.1 Å². The average molecular weight is 569 g/mol. The second kappa shape index (κ2) is 32.0. The lowest BCUT2D eigenvalue weighted by Crippen LogP contribution is -2.84. The van der Waals surface area contributed by atoms with E-state index >= 15 is 0 Å². The smallest absolute Gasteiger partial charge is 0.273 e. The van der Waals surface area contributed by atoms with Crippen molar-refractivity contribution >= 4 is 22.1 Å². The van der Waals surface area contributed by atoms with Gasteiger partial charge in [-0.3, -0.25) is 4.55 Å². The molecule has 0 rings (SSSR count). The fourth-order valence-corrected chi connectivity index (χ4v) is 4.20. The van der Waals surface area contributed by atoms with Crippen LogP contribution in [0, 0.1) is 0 Å². The van der Waals surface area contributed by atoms with Crippen molar-refractivity contribution in [1.82, 2.24) is 0 Å². The van der Waals surface area contributed by atoms with Crippen molar-refractivity contribution in [3.05, 3.63) is 0 Å². The van der Waals surface area contributed by atoms with Crippen LogP contribution in [0.4, 0.5) is 0 Å². The predicted octanol–water partition coefficient (Wildman–Crippen LogP) is 1.55. The molecule has 0 amide bonds. The molecule has 1 unspecified atom stereocenters. The first-order valence-electron chi connectivity index (χ1n) is 15.1. The van der Waals surface area contributed by atoms with Crippen molar-refractivity contribution < 1.29 is 43.4 Å². The van der Waals surface area contributed by atoms with E-state index in [1.54, 1.807) is 0 Å². The van der Waals surface area contributed by atoms with E-state index in [-0.39, 0.29) is 0 Å². The quantitative estimate of drug-likeness (QED) is 0.117. The second-order valence-electron chi connectivity index (χ2n) is 9.87. The summed E-state index contributed by atoms with van der Waals surface area (Å²) in [4.78, 5) is 19.7. The molecule has 0 heterocycles. The summed E-state index contributed by atoms with van der Waals surface area (Å²) in [5, 5.41) is 22.2. The molecule has 230 valence electrons. The van der Waals surface area contributed by atoms with Crippen LogP contribution in [0.5, 0.6) is 0 Å². The highest BCUT2D eigenvalue weighted by Gasteiger charge is 2.24. The van der Waals surface area contributed by atoms with E-state index in [0.29, 0.717) is 0 Å². The zero-order chi connectivity index (χ0) is 29.5. The van der Waals surface area contributed by atoms with Crippen LogP contribution in [0.15, 0.2) is 0 Å². The lowest BCUT2D eigenvalue weighted by atomic mass is 10.2. The number of carboxylic acid groups (broad SMARTS) is 2. The molecule has 0 aliphatic heterocycles. The number of quaternary nitrogens is 2. The third-order valence-corrected chi connectivity index (χ3v) is 7.10. The van der Waals surface area contributed by atoms with Gasteiger partial charge in [0.15, 0.2) is 0 Å². The van der Waals surface area contributed by atoms with E-state index in [4.69, 9.17) is 4.55 Å². The fourth-order valence-electron chi connectivity index (χ4n) is 3.61. The summed E-state index contributed by atoms with van der Waals surface area (Å²) in [7, 11) is -4.94. The number of nitrogens with two attached hydrogens (primary N) is 2. The molecule has 9 nitrogen and oxygen atoms in total. The van der Waals surface area contributed by atoms with Crippen molar-refractivity contribution in [3.63, 3.8) is 0 Å². The van der Waals surface area contributed by atoms with Crippen LogP contribution in [0.25, 0.3) is 0 Å². The maximum atomic E-state index is 10.2. The van der Waals surface area contributed by atoms with Gasteiger partial charge < -0.3 is 30.4 Å². The molecule has 0 aromatic carbocycles. The maximum absolute atomic E-state index is 10.2. The number of carbonyl (C=O) groups excluding carboxylic acids is 2. The predicted molar refractivity (Wildman–Crippen MR) is 150 cm³/mol. The maximum Gasteiger partial charge on any atom is 0.273 e. The molecule has 10 heteroatoms. The highest BCUT2D eigenvalue weighted by Crippen LogP contribution is 2.02. The summed E-state index contributed by atoms with van der Waals surface area (Å²) in [6.45, 7) is 14.5. The third-order valence-electron chi connectivity index (χ3n) is 6.02. The summed E-state index contributed by atoms with van der Waals surface area (Å²) >= 11 is 0. The Morgan fingerprint density at radius 1 is 0.605 bits per heavy atom. The molecule has 0 aromatic rings. The van der Waals surface area contributed by atoms with Crippen LogP contribution in [0.3, 0.4) is 0 Å². The molecule has 0 aliphatic rings. The molecular weight excluding hydrogens is 508 g/mol. The lowest BCUT2D eigenvalue weighted by molar-refractivity contribution is -0.655. The minimum Gasteiger partial charge on any atom is -0.550 e. The molecule has 0 bridgehead atoms. The zero-order valence-corrected chi connectivity index (χ0v) is 25.7. The topological polar surface area (TPSA) is 168 Å². The van der Waals surface area contributed by atoms with E-state index in [9.17, 15) is 28.2 Å². The van der Waals surface area contributed by atoms with Crippen molar-refractivity contribution in [2.24, 2.45) is 0 Å². The van der Waals surface area contributed by atoms with Gasteiger partial charge in [0.2, 0.25) is 0 Å². The number of aliphatic carboxylic acids is 2. The highest BCUT2D eigenvalue weighted by molar-refractivity contribution is 7.87. The standard InChI is InChI=1S/2C12H27N.C4H6O7S/c2*1-3-5-7-9-11-13-12-10-8-6-4-2;5-3(6)1-2(4(7)8)12(9,10)11/h2*13H,3-12H2,1-2H3;2H,1H2,(H,5,6)(H,7,8)(H,9,10,11). The Morgan fingerprint density at radius 3 is 1.05 bits per heavy atom. The second-order valence-corrected chi connectivity index (χ2v) is 11.5. The third kappa shape index (κ3) is 36.9. The molecule has 1 atom stereocenters. The Morgan fingerprint density at radius 2 is 0.895 bits per heavy atom. The Bertz CT molecular complexity index is 574. The molecule has 0 radical (unpaired) electrons. The largest absolute Gasteiger partial charge is 0.550 e. The minimum atomic E-state index is -4.94. The molecule has 0 saturated carbocycles. The van der Waals surface area contributed by atoms with E-state index in [1.807, 2.05) is 0 Å². The first kappa shape index (κ1) is 41.3. The van der Waals surface area contributed by atoms with Crippen LogP contribution < -0.4 is 20.8 Å². The van der Waals surface area contributed by atoms with Crippen LogP contribution in [-0.4, -0.2) is 56.3 Å². The summed E-state index contributed by atoms with van der Waals surface area (Å²) < 4.78 is 28.5. The average Bonchev–Trinajstić information content (AvgIpc) is 2.85. The normalized spacial score (nSPS) is 11.6. The molecule has 0 spiro atoms. The summed E-state index contributed by atoms with van der Waals surface area (Å²) in [6, 6.07) is 0. The van der Waals surface area contributed by atoms with E-state index in [2.05, 4.69) is 38.3 Å². The van der Waals surface area contributed by atoms with Crippen LogP contribution in [0.2, 0.25) is 0 Å². The van der Waals surface area contributed by atoms with Crippen LogP contribution in [-0.2, 0) is 19.7 Å². The molecular formula is C28H60N2O7S. The van der Waals surface area contributed by atoms with Crippen molar-refractivity contribution in [3.8, 4) is 0 Å². The number of carbonyl (C=O) groups is 2.